The van der Waals surface area contributed by atoms with E-state index in [0.717, 1.165) is 12.8 Å². The van der Waals surface area contributed by atoms with Gasteiger partial charge in [0.25, 0.3) is 11.8 Å². The highest BCUT2D eigenvalue weighted by molar-refractivity contribution is 7.14. The number of carbonyl (C=O) groups is 2. The molecule has 0 unspecified atom stereocenters. The molecule has 132 valence electrons. The zero-order valence-corrected chi connectivity index (χ0v) is 15.1. The average Bonchev–Trinajstić information content (AvgIpc) is 3.01. The van der Waals surface area contributed by atoms with Gasteiger partial charge in [-0.3, -0.25) is 20.4 Å². The van der Waals surface area contributed by atoms with Gasteiger partial charge < -0.3 is 4.74 Å². The van der Waals surface area contributed by atoms with E-state index in [4.69, 9.17) is 4.74 Å². The van der Waals surface area contributed by atoms with Crippen LogP contribution in [0.25, 0.3) is 0 Å². The van der Waals surface area contributed by atoms with Crippen molar-refractivity contribution in [3.8, 4) is 5.75 Å². The van der Waals surface area contributed by atoms with E-state index in [-0.39, 0.29) is 5.91 Å². The zero-order chi connectivity index (χ0) is 17.6. The summed E-state index contributed by atoms with van der Waals surface area (Å²) < 4.78 is 5.17. The molecular formula is C19H22N2O3S. The van der Waals surface area contributed by atoms with Gasteiger partial charge in [-0.05, 0) is 49.4 Å². The summed E-state index contributed by atoms with van der Waals surface area (Å²) in [6, 6.07) is 8.86. The number of benzene rings is 1. The normalized spacial score (nSPS) is 14.0. The van der Waals surface area contributed by atoms with Crippen LogP contribution in [-0.2, 0) is 12.8 Å². The second-order valence-corrected chi connectivity index (χ2v) is 7.22. The van der Waals surface area contributed by atoms with E-state index >= 15 is 0 Å². The lowest BCUT2D eigenvalue weighted by molar-refractivity contribution is 0.0847. The molecule has 0 atom stereocenters. The number of nitrogens with one attached hydrogen (secondary N) is 2. The SMILES string of the molecule is COc1ccccc1C(=O)NNC(=O)c1cc2c(s1)CCCCCC2. The van der Waals surface area contributed by atoms with Gasteiger partial charge in [-0.25, -0.2) is 0 Å². The number of amides is 2. The third kappa shape index (κ3) is 4.20. The van der Waals surface area contributed by atoms with Crippen molar-refractivity contribution in [3.05, 3.63) is 51.2 Å². The first-order valence-corrected chi connectivity index (χ1v) is 9.36. The molecule has 1 aliphatic rings. The van der Waals surface area contributed by atoms with Crippen LogP contribution in [0.2, 0.25) is 0 Å². The first-order chi connectivity index (χ1) is 12.2. The van der Waals surface area contributed by atoms with E-state index in [1.165, 1.54) is 54.6 Å². The Morgan fingerprint density at radius 3 is 2.52 bits per heavy atom. The van der Waals surface area contributed by atoms with E-state index in [1.54, 1.807) is 24.3 Å². The van der Waals surface area contributed by atoms with Crippen molar-refractivity contribution < 1.29 is 14.3 Å². The molecule has 25 heavy (non-hydrogen) atoms. The highest BCUT2D eigenvalue weighted by Crippen LogP contribution is 2.28. The van der Waals surface area contributed by atoms with Gasteiger partial charge in [0.05, 0.1) is 17.6 Å². The van der Waals surface area contributed by atoms with Gasteiger partial charge in [-0.15, -0.1) is 11.3 Å². The van der Waals surface area contributed by atoms with Crippen LogP contribution >= 0.6 is 11.3 Å². The predicted molar refractivity (Wildman–Crippen MR) is 98.1 cm³/mol. The molecule has 0 saturated carbocycles. The Hall–Kier alpha value is -2.34. The van der Waals surface area contributed by atoms with Gasteiger partial charge in [0.15, 0.2) is 0 Å². The molecule has 0 radical (unpaired) electrons. The maximum absolute atomic E-state index is 12.4. The molecule has 2 aromatic rings. The van der Waals surface area contributed by atoms with Crippen LogP contribution in [-0.4, -0.2) is 18.9 Å². The van der Waals surface area contributed by atoms with Crippen LogP contribution in [0, 0.1) is 0 Å². The Labute approximate surface area is 151 Å². The molecule has 0 saturated heterocycles. The molecule has 0 spiro atoms. The van der Waals surface area contributed by atoms with Crippen LogP contribution in [0.3, 0.4) is 0 Å². The maximum Gasteiger partial charge on any atom is 0.279 e. The van der Waals surface area contributed by atoms with Crippen molar-refractivity contribution in [2.45, 2.75) is 38.5 Å². The first-order valence-electron chi connectivity index (χ1n) is 8.54. The predicted octanol–water partition coefficient (Wildman–Crippen LogP) is 3.49. The van der Waals surface area contributed by atoms with E-state index in [1.807, 2.05) is 6.07 Å². The molecule has 6 heteroatoms. The number of fused-ring (bicyclic) bond motifs is 1. The lowest BCUT2D eigenvalue weighted by Gasteiger charge is -2.09. The Bertz CT molecular complexity index is 744. The molecule has 1 heterocycles. The smallest absolute Gasteiger partial charge is 0.279 e. The Morgan fingerprint density at radius 1 is 1.00 bits per heavy atom. The highest BCUT2D eigenvalue weighted by Gasteiger charge is 2.17. The second kappa shape index (κ2) is 8.16. The minimum atomic E-state index is -0.402. The molecule has 2 N–H and O–H groups in total. The number of rotatable bonds is 3. The maximum atomic E-state index is 12.4. The molecule has 1 aliphatic carbocycles. The van der Waals surface area contributed by atoms with Gasteiger partial charge >= 0.3 is 0 Å². The summed E-state index contributed by atoms with van der Waals surface area (Å²) in [5, 5.41) is 0. The molecule has 3 rings (SSSR count). The molecule has 0 aliphatic heterocycles. The fourth-order valence-electron chi connectivity index (χ4n) is 3.03. The van der Waals surface area contributed by atoms with Crippen molar-refractivity contribution in [1.29, 1.82) is 0 Å². The summed E-state index contributed by atoms with van der Waals surface area (Å²) in [6.45, 7) is 0. The Morgan fingerprint density at radius 2 is 1.72 bits per heavy atom. The molecule has 0 fully saturated rings. The van der Waals surface area contributed by atoms with Crippen LogP contribution in [0.5, 0.6) is 5.75 Å². The largest absolute Gasteiger partial charge is 0.496 e. The minimum Gasteiger partial charge on any atom is -0.496 e. The molecule has 2 amide bonds. The fraction of sp³-hybridized carbons (Fsp3) is 0.368. The summed E-state index contributed by atoms with van der Waals surface area (Å²) in [4.78, 5) is 26.6. The van der Waals surface area contributed by atoms with Gasteiger partial charge in [-0.2, -0.15) is 0 Å². The monoisotopic (exact) mass is 358 g/mol. The van der Waals surface area contributed by atoms with Gasteiger partial charge in [0, 0.05) is 4.88 Å². The van der Waals surface area contributed by atoms with E-state index < -0.39 is 5.91 Å². The number of hydrogen-bond acceptors (Lipinski definition) is 4. The number of thiophene rings is 1. The zero-order valence-electron chi connectivity index (χ0n) is 14.3. The van der Waals surface area contributed by atoms with Crippen molar-refractivity contribution in [3.63, 3.8) is 0 Å². The summed E-state index contributed by atoms with van der Waals surface area (Å²) >= 11 is 1.53. The van der Waals surface area contributed by atoms with Crippen LogP contribution in [0.15, 0.2) is 30.3 Å². The van der Waals surface area contributed by atoms with Crippen LogP contribution in [0.1, 0.15) is 56.2 Å². The standard InChI is InChI=1S/C19H22N2O3S/c1-24-15-10-7-6-9-14(15)18(22)20-21-19(23)17-12-13-8-4-2-3-5-11-16(13)25-17/h6-7,9-10,12H,2-5,8,11H2,1H3,(H,20,22)(H,21,23). The van der Waals surface area contributed by atoms with Gasteiger partial charge in [0.2, 0.25) is 0 Å². The van der Waals surface area contributed by atoms with Crippen molar-refractivity contribution in [1.82, 2.24) is 10.9 Å². The fourth-order valence-corrected chi connectivity index (χ4v) is 4.18. The number of ether oxygens (including phenoxy) is 1. The molecule has 5 nitrogen and oxygen atoms in total. The van der Waals surface area contributed by atoms with Crippen LogP contribution < -0.4 is 15.6 Å². The molecule has 0 bridgehead atoms. The molecular weight excluding hydrogens is 336 g/mol. The number of hydrazine groups is 1. The van der Waals surface area contributed by atoms with E-state index in [0.29, 0.717) is 16.2 Å². The molecule has 1 aromatic carbocycles. The summed E-state index contributed by atoms with van der Waals surface area (Å²) in [5.41, 5.74) is 6.63. The van der Waals surface area contributed by atoms with Crippen molar-refractivity contribution in [2.24, 2.45) is 0 Å². The Balaban J connectivity index is 1.64. The van der Waals surface area contributed by atoms with Crippen LogP contribution in [0.4, 0.5) is 0 Å². The van der Waals surface area contributed by atoms with E-state index in [2.05, 4.69) is 10.9 Å². The number of hydrogen-bond donors (Lipinski definition) is 2. The highest BCUT2D eigenvalue weighted by atomic mass is 32.1. The quantitative estimate of drug-likeness (QED) is 0.826. The number of methoxy groups -OCH3 is 1. The lowest BCUT2D eigenvalue weighted by atomic mass is 10.00. The van der Waals surface area contributed by atoms with Crippen molar-refractivity contribution >= 4 is 23.2 Å². The summed E-state index contributed by atoms with van der Waals surface area (Å²) in [6.07, 6.45) is 6.95. The average molecular weight is 358 g/mol. The Kier molecular flexibility index (Phi) is 5.71. The minimum absolute atomic E-state index is 0.278. The summed E-state index contributed by atoms with van der Waals surface area (Å²) in [5.74, 6) is -0.214. The third-order valence-electron chi connectivity index (χ3n) is 4.36. The van der Waals surface area contributed by atoms with E-state index in [9.17, 15) is 9.59 Å². The first kappa shape index (κ1) is 17.5. The van der Waals surface area contributed by atoms with Gasteiger partial charge in [-0.1, -0.05) is 25.0 Å². The topological polar surface area (TPSA) is 67.4 Å². The number of carbonyl (C=O) groups excluding carboxylic acids is 2. The lowest BCUT2D eigenvalue weighted by Crippen LogP contribution is -2.41. The number of para-hydroxylation sites is 1. The second-order valence-electron chi connectivity index (χ2n) is 6.08. The third-order valence-corrected chi connectivity index (χ3v) is 5.60. The molecule has 1 aromatic heterocycles. The number of aryl methyl sites for hydroxylation is 2. The van der Waals surface area contributed by atoms with Crippen molar-refractivity contribution in [2.75, 3.05) is 7.11 Å². The summed E-state index contributed by atoms with van der Waals surface area (Å²) in [7, 11) is 1.51. The van der Waals surface area contributed by atoms with Gasteiger partial charge in [0.1, 0.15) is 5.75 Å².